The van der Waals surface area contributed by atoms with Gasteiger partial charge in [-0.15, -0.1) is 0 Å². The molecule has 1 fully saturated rings. The normalized spacial score (nSPS) is 20.4. The molecule has 108 valence electrons. The van der Waals surface area contributed by atoms with Crippen molar-refractivity contribution >= 4 is 17.5 Å². The van der Waals surface area contributed by atoms with Crippen LogP contribution in [0.25, 0.3) is 0 Å². The van der Waals surface area contributed by atoms with Crippen LogP contribution in [0, 0.1) is 0 Å². The molecule has 1 aromatic rings. The Balaban J connectivity index is 1.75. The molecule has 0 radical (unpaired) electrons. The lowest BCUT2D eigenvalue weighted by molar-refractivity contribution is -0.125. The van der Waals surface area contributed by atoms with Crippen LogP contribution in [-0.2, 0) is 9.59 Å². The summed E-state index contributed by atoms with van der Waals surface area (Å²) in [6, 6.07) is 2.33. The van der Waals surface area contributed by atoms with Gasteiger partial charge in [0.25, 0.3) is 5.92 Å². The van der Waals surface area contributed by atoms with Gasteiger partial charge in [-0.05, 0) is 12.1 Å². The Morgan fingerprint density at radius 3 is 2.90 bits per heavy atom. The Kier molecular flexibility index (Phi) is 4.23. The number of hydrogen-bond donors (Lipinski definition) is 3. The number of halogens is 2. The number of nitrogens with one attached hydrogen (secondary N) is 3. The first kappa shape index (κ1) is 14.3. The van der Waals surface area contributed by atoms with Crippen LogP contribution in [-0.4, -0.2) is 41.9 Å². The molecule has 1 aliphatic rings. The van der Waals surface area contributed by atoms with Crippen molar-refractivity contribution in [2.75, 3.05) is 18.4 Å². The Morgan fingerprint density at radius 1 is 1.50 bits per heavy atom. The second kappa shape index (κ2) is 5.91. The molecule has 2 rings (SSSR count). The van der Waals surface area contributed by atoms with Crippen LogP contribution in [0.5, 0.6) is 0 Å². The fraction of sp³-hybridized carbons (Fsp3) is 0.417. The number of carbonyl (C=O) groups excluding carboxylic acids is 2. The third-order valence-corrected chi connectivity index (χ3v) is 2.79. The minimum Gasteiger partial charge on any atom is -0.346 e. The molecule has 0 aliphatic carbocycles. The highest BCUT2D eigenvalue weighted by Gasteiger charge is 2.42. The number of nitrogens with zero attached hydrogens (tertiary/aromatic N) is 1. The van der Waals surface area contributed by atoms with Crippen molar-refractivity contribution in [2.45, 2.75) is 18.4 Å². The lowest BCUT2D eigenvalue weighted by Crippen LogP contribution is -2.43. The van der Waals surface area contributed by atoms with Crippen molar-refractivity contribution < 1.29 is 18.4 Å². The number of pyridine rings is 1. The van der Waals surface area contributed by atoms with Gasteiger partial charge in [0.15, 0.2) is 0 Å². The van der Waals surface area contributed by atoms with Crippen LogP contribution in [0.15, 0.2) is 24.5 Å². The standard InChI is InChI=1S/C12H14F2N4O2/c13-12(14)4-9(17-7-12)11(20)16-6-10(19)18-8-2-1-3-15-5-8/h1-3,5,9,17H,4,6-7H2,(H,16,20)(H,18,19). The van der Waals surface area contributed by atoms with E-state index in [1.165, 1.54) is 6.20 Å². The van der Waals surface area contributed by atoms with E-state index in [0.717, 1.165) is 0 Å². The fourth-order valence-electron chi connectivity index (χ4n) is 1.83. The average Bonchev–Trinajstić information content (AvgIpc) is 2.78. The second-order valence-electron chi connectivity index (χ2n) is 4.50. The van der Waals surface area contributed by atoms with Crippen LogP contribution in [0.3, 0.4) is 0 Å². The predicted molar refractivity (Wildman–Crippen MR) is 67.2 cm³/mol. The third kappa shape index (κ3) is 3.95. The first-order chi connectivity index (χ1) is 9.46. The molecule has 3 N–H and O–H groups in total. The molecule has 1 atom stereocenters. The minimum absolute atomic E-state index is 0.280. The van der Waals surface area contributed by atoms with Gasteiger partial charge in [-0.25, -0.2) is 8.78 Å². The van der Waals surface area contributed by atoms with Crippen molar-refractivity contribution in [1.82, 2.24) is 15.6 Å². The quantitative estimate of drug-likeness (QED) is 0.734. The Labute approximate surface area is 114 Å². The smallest absolute Gasteiger partial charge is 0.262 e. The molecule has 20 heavy (non-hydrogen) atoms. The molecule has 8 heteroatoms. The van der Waals surface area contributed by atoms with E-state index in [4.69, 9.17) is 0 Å². The van der Waals surface area contributed by atoms with Crippen LogP contribution in [0.1, 0.15) is 6.42 Å². The van der Waals surface area contributed by atoms with E-state index in [0.29, 0.717) is 5.69 Å². The van der Waals surface area contributed by atoms with Gasteiger partial charge in [0.2, 0.25) is 11.8 Å². The summed E-state index contributed by atoms with van der Waals surface area (Å²) < 4.78 is 25.8. The van der Waals surface area contributed by atoms with Crippen LogP contribution in [0.4, 0.5) is 14.5 Å². The maximum absolute atomic E-state index is 12.9. The van der Waals surface area contributed by atoms with E-state index in [-0.39, 0.29) is 6.54 Å². The van der Waals surface area contributed by atoms with Crippen molar-refractivity contribution in [3.8, 4) is 0 Å². The third-order valence-electron chi connectivity index (χ3n) is 2.79. The van der Waals surface area contributed by atoms with Gasteiger partial charge >= 0.3 is 0 Å². The molecule has 0 saturated carbocycles. The van der Waals surface area contributed by atoms with E-state index in [2.05, 4.69) is 20.9 Å². The van der Waals surface area contributed by atoms with Gasteiger partial charge in [0, 0.05) is 12.6 Å². The Bertz CT molecular complexity index is 495. The number of rotatable bonds is 4. The van der Waals surface area contributed by atoms with Gasteiger partial charge in [-0.3, -0.25) is 19.9 Å². The largest absolute Gasteiger partial charge is 0.346 e. The maximum atomic E-state index is 12.9. The zero-order valence-corrected chi connectivity index (χ0v) is 10.5. The number of anilines is 1. The maximum Gasteiger partial charge on any atom is 0.262 e. The number of amides is 2. The van der Waals surface area contributed by atoms with Gasteiger partial charge in [0.05, 0.1) is 31.0 Å². The van der Waals surface area contributed by atoms with Crippen LogP contribution in [0.2, 0.25) is 0 Å². The summed E-state index contributed by atoms with van der Waals surface area (Å²) in [5.41, 5.74) is 0.497. The Morgan fingerprint density at radius 2 is 2.30 bits per heavy atom. The van der Waals surface area contributed by atoms with E-state index in [9.17, 15) is 18.4 Å². The first-order valence-electron chi connectivity index (χ1n) is 6.05. The lowest BCUT2D eigenvalue weighted by atomic mass is 10.2. The minimum atomic E-state index is -2.88. The van der Waals surface area contributed by atoms with Gasteiger partial charge < -0.3 is 10.6 Å². The summed E-state index contributed by atoms with van der Waals surface area (Å²) in [6.45, 7) is -0.801. The van der Waals surface area contributed by atoms with E-state index < -0.39 is 36.7 Å². The molecule has 0 bridgehead atoms. The zero-order valence-electron chi connectivity index (χ0n) is 10.5. The van der Waals surface area contributed by atoms with Gasteiger partial charge in [0.1, 0.15) is 0 Å². The first-order valence-corrected chi connectivity index (χ1v) is 6.05. The van der Waals surface area contributed by atoms with Crippen molar-refractivity contribution in [3.63, 3.8) is 0 Å². The molecule has 0 spiro atoms. The molecular formula is C12H14F2N4O2. The van der Waals surface area contributed by atoms with Crippen molar-refractivity contribution in [3.05, 3.63) is 24.5 Å². The number of alkyl halides is 2. The summed E-state index contributed by atoms with van der Waals surface area (Å²) in [7, 11) is 0. The van der Waals surface area contributed by atoms with E-state index in [1.54, 1.807) is 18.3 Å². The zero-order chi connectivity index (χ0) is 14.6. The molecule has 0 aromatic carbocycles. The highest BCUT2D eigenvalue weighted by atomic mass is 19.3. The van der Waals surface area contributed by atoms with E-state index >= 15 is 0 Å². The summed E-state index contributed by atoms with van der Waals surface area (Å²) in [4.78, 5) is 26.9. The molecule has 2 heterocycles. The molecular weight excluding hydrogens is 270 g/mol. The summed E-state index contributed by atoms with van der Waals surface area (Å²) >= 11 is 0. The predicted octanol–water partition coefficient (Wildman–Crippen LogP) is 0.133. The molecule has 1 aromatic heterocycles. The van der Waals surface area contributed by atoms with Crippen LogP contribution < -0.4 is 16.0 Å². The fourth-order valence-corrected chi connectivity index (χ4v) is 1.83. The van der Waals surface area contributed by atoms with Crippen LogP contribution >= 0.6 is 0 Å². The average molecular weight is 284 g/mol. The highest BCUT2D eigenvalue weighted by Crippen LogP contribution is 2.24. The van der Waals surface area contributed by atoms with Gasteiger partial charge in [-0.1, -0.05) is 0 Å². The lowest BCUT2D eigenvalue weighted by Gasteiger charge is -2.11. The monoisotopic (exact) mass is 284 g/mol. The molecule has 6 nitrogen and oxygen atoms in total. The molecule has 1 unspecified atom stereocenters. The van der Waals surface area contributed by atoms with E-state index in [1.807, 2.05) is 0 Å². The Hall–Kier alpha value is -2.09. The topological polar surface area (TPSA) is 83.1 Å². The van der Waals surface area contributed by atoms with Gasteiger partial charge in [-0.2, -0.15) is 0 Å². The number of hydrogen-bond acceptors (Lipinski definition) is 4. The van der Waals surface area contributed by atoms with Crippen molar-refractivity contribution in [1.29, 1.82) is 0 Å². The molecule has 1 saturated heterocycles. The van der Waals surface area contributed by atoms with Crippen molar-refractivity contribution in [2.24, 2.45) is 0 Å². The summed E-state index contributed by atoms with van der Waals surface area (Å²) in [6.07, 6.45) is 2.46. The second-order valence-corrected chi connectivity index (χ2v) is 4.50. The SMILES string of the molecule is O=C(CNC(=O)C1CC(F)(F)CN1)Nc1cccnc1. The summed E-state index contributed by atoms with van der Waals surface area (Å²) in [5, 5.41) is 7.25. The molecule has 2 amide bonds. The molecule has 1 aliphatic heterocycles. The highest BCUT2D eigenvalue weighted by molar-refractivity contribution is 5.95. The number of carbonyl (C=O) groups is 2. The summed E-state index contributed by atoms with van der Waals surface area (Å²) in [5.74, 6) is -3.93. The number of aromatic nitrogens is 1.